The molecule has 1 amide bonds. The molecule has 1 fully saturated rings. The number of nitrogens with zero attached hydrogens (tertiary/aromatic N) is 2. The maximum absolute atomic E-state index is 14.2. The summed E-state index contributed by atoms with van der Waals surface area (Å²) < 4.78 is 27.2. The Balaban J connectivity index is 1.53. The van der Waals surface area contributed by atoms with E-state index in [4.69, 9.17) is 0 Å². The molecule has 4 rings (SSSR count). The zero-order chi connectivity index (χ0) is 17.4. The van der Waals surface area contributed by atoms with Crippen LogP contribution in [0.1, 0.15) is 17.9 Å². The fourth-order valence-corrected chi connectivity index (χ4v) is 2.98. The number of carbonyl (C=O) groups excluding carboxylic acids is 1. The third-order valence-corrected chi connectivity index (χ3v) is 4.35. The summed E-state index contributed by atoms with van der Waals surface area (Å²) in [5.41, 5.74) is 1.44. The summed E-state index contributed by atoms with van der Waals surface area (Å²) in [6, 6.07) is 10.6. The minimum Gasteiger partial charge on any atom is -0.325 e. The summed E-state index contributed by atoms with van der Waals surface area (Å²) in [6.45, 7) is 0. The summed E-state index contributed by atoms with van der Waals surface area (Å²) in [4.78, 5) is 16.5. The fourth-order valence-electron chi connectivity index (χ4n) is 2.98. The van der Waals surface area contributed by atoms with Gasteiger partial charge in [-0.05, 0) is 42.2 Å². The van der Waals surface area contributed by atoms with Gasteiger partial charge in [-0.1, -0.05) is 18.2 Å². The average molecular weight is 340 g/mol. The van der Waals surface area contributed by atoms with Gasteiger partial charge in [-0.25, -0.2) is 13.8 Å². The molecule has 0 spiro atoms. The molecule has 7 heteroatoms. The van der Waals surface area contributed by atoms with Gasteiger partial charge in [-0.3, -0.25) is 9.89 Å². The highest BCUT2D eigenvalue weighted by Crippen LogP contribution is 2.48. The van der Waals surface area contributed by atoms with E-state index in [-0.39, 0.29) is 34.9 Å². The number of carbonyl (C=O) groups is 1. The molecule has 126 valence electrons. The lowest BCUT2D eigenvalue weighted by molar-refractivity contribution is -0.117. The van der Waals surface area contributed by atoms with Crippen LogP contribution in [0.5, 0.6) is 0 Å². The van der Waals surface area contributed by atoms with Crippen LogP contribution in [-0.2, 0) is 4.79 Å². The Morgan fingerprint density at radius 1 is 1.16 bits per heavy atom. The molecule has 3 aromatic rings. The quantitative estimate of drug-likeness (QED) is 0.764. The molecular formula is C18H14F2N4O. The van der Waals surface area contributed by atoms with Gasteiger partial charge < -0.3 is 5.32 Å². The number of halogens is 2. The number of nitrogens with one attached hydrogen (secondary N) is 2. The molecule has 1 saturated carbocycles. The van der Waals surface area contributed by atoms with Crippen LogP contribution in [0, 0.1) is 17.6 Å². The number of hydrogen-bond acceptors (Lipinski definition) is 3. The summed E-state index contributed by atoms with van der Waals surface area (Å²) in [7, 11) is 0. The maximum Gasteiger partial charge on any atom is 0.228 e. The Bertz CT molecular complexity index is 909. The first kappa shape index (κ1) is 15.4. The van der Waals surface area contributed by atoms with Gasteiger partial charge in [-0.15, -0.1) is 0 Å². The molecule has 1 aliphatic rings. The predicted octanol–water partition coefficient (Wildman–Crippen LogP) is 3.49. The predicted molar refractivity (Wildman–Crippen MR) is 87.7 cm³/mol. The molecule has 2 aromatic carbocycles. The molecule has 0 bridgehead atoms. The van der Waals surface area contributed by atoms with E-state index in [9.17, 15) is 13.6 Å². The maximum atomic E-state index is 14.2. The standard InChI is InChI=1S/C18H14F2N4O/c19-11-6-4-10(5-7-11)12-8-13(12)18(25)23-15-3-1-2-14(20)16(15)17-21-9-22-24-17/h1-7,9,12-13H,8H2,(H,23,25)(H,21,22,24)/t12-,13+/m0/s1. The molecule has 5 nitrogen and oxygen atoms in total. The van der Waals surface area contributed by atoms with E-state index >= 15 is 0 Å². The average Bonchev–Trinajstić information content (AvgIpc) is 3.22. The Morgan fingerprint density at radius 3 is 2.68 bits per heavy atom. The highest BCUT2D eigenvalue weighted by molar-refractivity contribution is 5.98. The largest absolute Gasteiger partial charge is 0.325 e. The number of hydrogen-bond donors (Lipinski definition) is 2. The van der Waals surface area contributed by atoms with Gasteiger partial charge in [-0.2, -0.15) is 5.10 Å². The summed E-state index contributed by atoms with van der Waals surface area (Å²) in [5, 5.41) is 9.10. The third-order valence-electron chi connectivity index (χ3n) is 4.35. The van der Waals surface area contributed by atoms with Crippen LogP contribution in [0.15, 0.2) is 48.8 Å². The van der Waals surface area contributed by atoms with Gasteiger partial charge in [0, 0.05) is 5.92 Å². The fraction of sp³-hybridized carbons (Fsp3) is 0.167. The summed E-state index contributed by atoms with van der Waals surface area (Å²) in [6.07, 6.45) is 1.96. The molecule has 25 heavy (non-hydrogen) atoms. The van der Waals surface area contributed by atoms with E-state index < -0.39 is 5.82 Å². The number of aromatic amines is 1. The van der Waals surface area contributed by atoms with E-state index in [1.807, 2.05) is 0 Å². The van der Waals surface area contributed by atoms with Crippen molar-refractivity contribution in [3.63, 3.8) is 0 Å². The zero-order valence-corrected chi connectivity index (χ0v) is 13.0. The smallest absolute Gasteiger partial charge is 0.228 e. The lowest BCUT2D eigenvalue weighted by atomic mass is 10.1. The first-order valence-electron chi connectivity index (χ1n) is 7.84. The topological polar surface area (TPSA) is 70.7 Å². The molecule has 0 saturated heterocycles. The second-order valence-electron chi connectivity index (χ2n) is 5.99. The molecule has 2 N–H and O–H groups in total. The van der Waals surface area contributed by atoms with Gasteiger partial charge in [0.05, 0.1) is 11.3 Å². The van der Waals surface area contributed by atoms with Crippen molar-refractivity contribution in [2.45, 2.75) is 12.3 Å². The Hall–Kier alpha value is -3.09. The lowest BCUT2D eigenvalue weighted by Crippen LogP contribution is -2.15. The Labute approximate surface area is 142 Å². The first-order valence-corrected chi connectivity index (χ1v) is 7.84. The minimum absolute atomic E-state index is 0.0582. The normalized spacial score (nSPS) is 18.8. The monoisotopic (exact) mass is 340 g/mol. The lowest BCUT2D eigenvalue weighted by Gasteiger charge is -2.10. The van der Waals surface area contributed by atoms with Crippen molar-refractivity contribution < 1.29 is 13.6 Å². The number of anilines is 1. The summed E-state index contributed by atoms with van der Waals surface area (Å²) in [5.74, 6) is -0.901. The van der Waals surface area contributed by atoms with E-state index in [1.165, 1.54) is 30.6 Å². The zero-order valence-electron chi connectivity index (χ0n) is 13.0. The molecule has 0 radical (unpaired) electrons. The third kappa shape index (κ3) is 3.00. The Morgan fingerprint density at radius 2 is 1.96 bits per heavy atom. The minimum atomic E-state index is -0.500. The van der Waals surface area contributed by atoms with Crippen LogP contribution in [0.25, 0.3) is 11.4 Å². The van der Waals surface area contributed by atoms with Crippen molar-refractivity contribution >= 4 is 11.6 Å². The van der Waals surface area contributed by atoms with E-state index in [0.717, 1.165) is 5.56 Å². The van der Waals surface area contributed by atoms with Crippen molar-refractivity contribution in [1.82, 2.24) is 15.2 Å². The molecule has 0 aliphatic heterocycles. The van der Waals surface area contributed by atoms with Crippen LogP contribution in [0.3, 0.4) is 0 Å². The van der Waals surface area contributed by atoms with Crippen LogP contribution < -0.4 is 5.32 Å². The van der Waals surface area contributed by atoms with Crippen molar-refractivity contribution in [3.8, 4) is 11.4 Å². The molecular weight excluding hydrogens is 326 g/mol. The number of aromatic nitrogens is 3. The van der Waals surface area contributed by atoms with E-state index in [0.29, 0.717) is 12.1 Å². The van der Waals surface area contributed by atoms with E-state index in [1.54, 1.807) is 18.2 Å². The van der Waals surface area contributed by atoms with Crippen molar-refractivity contribution in [2.24, 2.45) is 5.92 Å². The molecule has 1 aromatic heterocycles. The number of rotatable bonds is 4. The van der Waals surface area contributed by atoms with Gasteiger partial charge in [0.1, 0.15) is 18.0 Å². The molecule has 2 atom stereocenters. The van der Waals surface area contributed by atoms with Crippen molar-refractivity contribution in [3.05, 3.63) is 66.0 Å². The SMILES string of the molecule is O=C(Nc1cccc(F)c1-c1ncn[nH]1)[C@@H]1C[C@H]1c1ccc(F)cc1. The second-order valence-corrected chi connectivity index (χ2v) is 5.99. The van der Waals surface area contributed by atoms with Crippen LogP contribution in [0.2, 0.25) is 0 Å². The van der Waals surface area contributed by atoms with Crippen LogP contribution in [-0.4, -0.2) is 21.1 Å². The van der Waals surface area contributed by atoms with Gasteiger partial charge >= 0.3 is 0 Å². The summed E-state index contributed by atoms with van der Waals surface area (Å²) >= 11 is 0. The second kappa shape index (κ2) is 6.08. The van der Waals surface area contributed by atoms with Gasteiger partial charge in [0.25, 0.3) is 0 Å². The van der Waals surface area contributed by atoms with Crippen molar-refractivity contribution in [1.29, 1.82) is 0 Å². The highest BCUT2D eigenvalue weighted by Gasteiger charge is 2.44. The first-order chi connectivity index (χ1) is 12.1. The number of benzene rings is 2. The molecule has 1 heterocycles. The Kier molecular flexibility index (Phi) is 3.76. The highest BCUT2D eigenvalue weighted by atomic mass is 19.1. The van der Waals surface area contributed by atoms with E-state index in [2.05, 4.69) is 20.5 Å². The number of H-pyrrole nitrogens is 1. The van der Waals surface area contributed by atoms with Gasteiger partial charge in [0.15, 0.2) is 5.82 Å². The molecule has 1 aliphatic carbocycles. The van der Waals surface area contributed by atoms with Crippen LogP contribution >= 0.6 is 0 Å². The number of amides is 1. The molecule has 0 unspecified atom stereocenters. The van der Waals surface area contributed by atoms with Crippen LogP contribution in [0.4, 0.5) is 14.5 Å². The van der Waals surface area contributed by atoms with Gasteiger partial charge in [0.2, 0.25) is 5.91 Å². The van der Waals surface area contributed by atoms with Crippen molar-refractivity contribution in [2.75, 3.05) is 5.32 Å².